The van der Waals surface area contributed by atoms with Crippen molar-refractivity contribution in [3.8, 4) is 0 Å². The van der Waals surface area contributed by atoms with E-state index in [1.165, 1.54) is 23.8 Å². The van der Waals surface area contributed by atoms with Gasteiger partial charge in [-0.15, -0.1) is 10.2 Å². The van der Waals surface area contributed by atoms with Gasteiger partial charge in [0.15, 0.2) is 0 Å². The Balaban J connectivity index is 1.39. The first kappa shape index (κ1) is 16.9. The molecule has 1 aliphatic heterocycles. The van der Waals surface area contributed by atoms with Gasteiger partial charge >= 0.3 is 0 Å². The molecule has 0 spiro atoms. The van der Waals surface area contributed by atoms with E-state index in [1.54, 1.807) is 0 Å². The number of nitrogens with one attached hydrogen (secondary N) is 1. The molecule has 3 aromatic heterocycles. The highest BCUT2D eigenvalue weighted by Gasteiger charge is 2.24. The van der Waals surface area contributed by atoms with E-state index in [-0.39, 0.29) is 5.91 Å². The maximum absolute atomic E-state index is 11.1. The molecule has 1 aliphatic rings. The first-order valence-corrected chi connectivity index (χ1v) is 9.44. The Morgan fingerprint density at radius 3 is 2.81 bits per heavy atom. The largest absolute Gasteiger partial charge is 0.344 e. The van der Waals surface area contributed by atoms with Crippen molar-refractivity contribution >= 4 is 33.2 Å². The van der Waals surface area contributed by atoms with Crippen molar-refractivity contribution < 1.29 is 4.79 Å². The van der Waals surface area contributed by atoms with Crippen LogP contribution in [0.1, 0.15) is 25.5 Å². The minimum atomic E-state index is -0.124. The van der Waals surface area contributed by atoms with Crippen LogP contribution in [0.4, 0.5) is 10.3 Å². The molecule has 1 saturated heterocycles. The molecule has 0 aromatic carbocycles. The third-order valence-electron chi connectivity index (χ3n) is 4.70. The highest BCUT2D eigenvalue weighted by Crippen LogP contribution is 2.28. The molecule has 0 unspecified atom stereocenters. The van der Waals surface area contributed by atoms with E-state index in [9.17, 15) is 4.79 Å². The molecule has 1 N–H and O–H groups in total. The lowest BCUT2D eigenvalue weighted by Gasteiger charge is -2.37. The molecule has 26 heavy (non-hydrogen) atoms. The Bertz CT molecular complexity index is 880. The molecule has 1 atom stereocenters. The van der Waals surface area contributed by atoms with E-state index in [0.29, 0.717) is 11.2 Å². The summed E-state index contributed by atoms with van der Waals surface area (Å²) in [7, 11) is 0. The third-order valence-corrected chi connectivity index (χ3v) is 5.60. The number of hydrogen-bond donors (Lipinski definition) is 1. The Morgan fingerprint density at radius 2 is 2.08 bits per heavy atom. The number of anilines is 2. The smallest absolute Gasteiger partial charge is 0.223 e. The lowest BCUT2D eigenvalue weighted by Crippen LogP contribution is -2.47. The molecule has 1 fully saturated rings. The molecule has 0 saturated carbocycles. The van der Waals surface area contributed by atoms with Crippen LogP contribution in [-0.4, -0.2) is 56.6 Å². The summed E-state index contributed by atoms with van der Waals surface area (Å²) in [6, 6.07) is 4.43. The molecule has 0 radical (unpaired) electrons. The fraction of sp³-hybridized carbons (Fsp3) is 0.412. The van der Waals surface area contributed by atoms with Gasteiger partial charge in [-0.25, -0.2) is 4.98 Å². The number of fused-ring (bicyclic) bond motifs is 1. The van der Waals surface area contributed by atoms with Crippen molar-refractivity contribution in [1.82, 2.24) is 24.5 Å². The van der Waals surface area contributed by atoms with E-state index in [2.05, 4.69) is 53.9 Å². The van der Waals surface area contributed by atoms with Gasteiger partial charge in [-0.2, -0.15) is 0 Å². The molecule has 0 bridgehead atoms. The maximum Gasteiger partial charge on any atom is 0.223 e. The predicted octanol–water partition coefficient (Wildman–Crippen LogP) is 2.03. The number of amides is 1. The monoisotopic (exact) mass is 371 g/mol. The first-order valence-electron chi connectivity index (χ1n) is 8.63. The topological polar surface area (TPSA) is 78.7 Å². The van der Waals surface area contributed by atoms with Crippen molar-refractivity contribution in [3.63, 3.8) is 0 Å². The van der Waals surface area contributed by atoms with Gasteiger partial charge in [0.05, 0.1) is 0 Å². The van der Waals surface area contributed by atoms with Gasteiger partial charge in [-0.3, -0.25) is 9.69 Å². The SMILES string of the molecule is CC(=O)Nc1nnc(N2CCN([C@@H](C)c3cc4ncccn4c3)CC2)s1. The Morgan fingerprint density at radius 1 is 1.27 bits per heavy atom. The van der Waals surface area contributed by atoms with Gasteiger partial charge in [0, 0.05) is 57.7 Å². The Labute approximate surface area is 155 Å². The number of aromatic nitrogens is 4. The minimum Gasteiger partial charge on any atom is -0.344 e. The molecule has 3 aromatic rings. The molecule has 4 rings (SSSR count). The molecule has 1 amide bonds. The zero-order valence-corrected chi connectivity index (χ0v) is 15.6. The van der Waals surface area contributed by atoms with Crippen LogP contribution in [0, 0.1) is 0 Å². The summed E-state index contributed by atoms with van der Waals surface area (Å²) >= 11 is 1.42. The summed E-state index contributed by atoms with van der Waals surface area (Å²) in [5.74, 6) is -0.124. The van der Waals surface area contributed by atoms with Crippen molar-refractivity contribution in [2.75, 3.05) is 36.4 Å². The van der Waals surface area contributed by atoms with E-state index in [1.807, 2.05) is 18.5 Å². The van der Waals surface area contributed by atoms with Crippen molar-refractivity contribution in [2.24, 2.45) is 0 Å². The number of carbonyl (C=O) groups is 1. The van der Waals surface area contributed by atoms with Crippen molar-refractivity contribution in [2.45, 2.75) is 19.9 Å². The number of hydrogen-bond acceptors (Lipinski definition) is 7. The second-order valence-corrected chi connectivity index (χ2v) is 7.38. The molecular formula is C17H21N7OS. The number of nitrogens with zero attached hydrogens (tertiary/aromatic N) is 6. The highest BCUT2D eigenvalue weighted by molar-refractivity contribution is 7.19. The van der Waals surface area contributed by atoms with E-state index in [4.69, 9.17) is 0 Å². The summed E-state index contributed by atoms with van der Waals surface area (Å²) in [5, 5.41) is 12.3. The molecule has 9 heteroatoms. The van der Waals surface area contributed by atoms with E-state index in [0.717, 1.165) is 37.0 Å². The molecule has 0 aliphatic carbocycles. The van der Waals surface area contributed by atoms with E-state index < -0.39 is 0 Å². The summed E-state index contributed by atoms with van der Waals surface area (Å²) in [6.45, 7) is 7.41. The second-order valence-electron chi connectivity index (χ2n) is 6.43. The van der Waals surface area contributed by atoms with Crippen LogP contribution in [-0.2, 0) is 4.79 Å². The van der Waals surface area contributed by atoms with Gasteiger partial charge in [-0.1, -0.05) is 11.3 Å². The van der Waals surface area contributed by atoms with E-state index >= 15 is 0 Å². The minimum absolute atomic E-state index is 0.124. The van der Waals surface area contributed by atoms with Gasteiger partial charge in [0.25, 0.3) is 0 Å². The lowest BCUT2D eigenvalue weighted by molar-refractivity contribution is -0.114. The number of rotatable bonds is 4. The average molecular weight is 371 g/mol. The lowest BCUT2D eigenvalue weighted by atomic mass is 10.1. The van der Waals surface area contributed by atoms with Crippen LogP contribution >= 0.6 is 11.3 Å². The van der Waals surface area contributed by atoms with Crippen molar-refractivity contribution in [3.05, 3.63) is 36.3 Å². The normalized spacial score (nSPS) is 16.8. The second kappa shape index (κ2) is 7.00. The van der Waals surface area contributed by atoms with Gasteiger partial charge in [-0.05, 0) is 24.6 Å². The van der Waals surface area contributed by atoms with Gasteiger partial charge < -0.3 is 14.6 Å². The van der Waals surface area contributed by atoms with Crippen LogP contribution in [0.25, 0.3) is 5.65 Å². The molecule has 4 heterocycles. The zero-order chi connectivity index (χ0) is 18.1. The predicted molar refractivity (Wildman–Crippen MR) is 102 cm³/mol. The Kier molecular flexibility index (Phi) is 4.56. The summed E-state index contributed by atoms with van der Waals surface area (Å²) in [6.07, 6.45) is 6.00. The quantitative estimate of drug-likeness (QED) is 0.756. The third kappa shape index (κ3) is 3.40. The summed E-state index contributed by atoms with van der Waals surface area (Å²) in [4.78, 5) is 20.2. The Hall–Kier alpha value is -2.52. The van der Waals surface area contributed by atoms with Crippen LogP contribution in [0.3, 0.4) is 0 Å². The fourth-order valence-electron chi connectivity index (χ4n) is 3.25. The van der Waals surface area contributed by atoms with Crippen molar-refractivity contribution in [1.29, 1.82) is 0 Å². The van der Waals surface area contributed by atoms with Crippen LogP contribution in [0.5, 0.6) is 0 Å². The number of carbonyl (C=O) groups excluding carboxylic acids is 1. The van der Waals surface area contributed by atoms with Gasteiger partial charge in [0.1, 0.15) is 5.65 Å². The zero-order valence-electron chi connectivity index (χ0n) is 14.8. The van der Waals surface area contributed by atoms with Crippen LogP contribution < -0.4 is 10.2 Å². The van der Waals surface area contributed by atoms with Crippen LogP contribution in [0.2, 0.25) is 0 Å². The fourth-order valence-corrected chi connectivity index (χ4v) is 4.09. The number of piperazine rings is 1. The maximum atomic E-state index is 11.1. The molecule has 8 nitrogen and oxygen atoms in total. The highest BCUT2D eigenvalue weighted by atomic mass is 32.1. The standard InChI is InChI=1S/C17H21N7OS/c1-12(14-10-15-18-4-3-5-24(15)11-14)22-6-8-23(9-7-22)17-21-20-16(26-17)19-13(2)25/h3-5,10-12H,6-9H2,1-2H3,(H,19,20,25)/t12-/m0/s1. The molecular weight excluding hydrogens is 350 g/mol. The summed E-state index contributed by atoms with van der Waals surface area (Å²) < 4.78 is 2.06. The van der Waals surface area contributed by atoms with Crippen LogP contribution in [0.15, 0.2) is 30.7 Å². The summed E-state index contributed by atoms with van der Waals surface area (Å²) in [5.41, 5.74) is 2.26. The average Bonchev–Trinajstić information content (AvgIpc) is 3.27. The first-order chi connectivity index (χ1) is 12.6. The van der Waals surface area contributed by atoms with Gasteiger partial charge in [0.2, 0.25) is 16.2 Å². The molecule has 136 valence electrons.